The Labute approximate surface area is 158 Å². The van der Waals surface area contributed by atoms with Crippen molar-refractivity contribution in [1.29, 1.82) is 0 Å². The van der Waals surface area contributed by atoms with Gasteiger partial charge in [0.15, 0.2) is 10.9 Å². The lowest BCUT2D eigenvalue weighted by Gasteiger charge is -2.21. The van der Waals surface area contributed by atoms with Crippen LogP contribution < -0.4 is 5.32 Å². The lowest BCUT2D eigenvalue weighted by molar-refractivity contribution is 0.115. The molecule has 1 aliphatic carbocycles. The Kier molecular flexibility index (Phi) is 7.09. The average Bonchev–Trinajstić information content (AvgIpc) is 3.10. The lowest BCUT2D eigenvalue weighted by Crippen LogP contribution is -2.40. The molecule has 0 bridgehead atoms. The summed E-state index contributed by atoms with van der Waals surface area (Å²) in [6.45, 7) is 3.16. The minimum atomic E-state index is 0. The van der Waals surface area contributed by atoms with Crippen LogP contribution in [0, 0.1) is 5.92 Å². The van der Waals surface area contributed by atoms with Crippen LogP contribution >= 0.6 is 35.3 Å². The van der Waals surface area contributed by atoms with E-state index in [2.05, 4.69) is 20.2 Å². The Morgan fingerprint density at radius 2 is 2.39 bits per heavy atom. The van der Waals surface area contributed by atoms with E-state index in [0.717, 1.165) is 42.3 Å². The molecule has 0 radical (unpaired) electrons. The van der Waals surface area contributed by atoms with Crippen LogP contribution in [0.4, 0.5) is 0 Å². The fourth-order valence-electron chi connectivity index (χ4n) is 2.26. The molecule has 128 valence electrons. The first-order valence-corrected chi connectivity index (χ1v) is 8.55. The molecule has 1 fully saturated rings. The highest BCUT2D eigenvalue weighted by Gasteiger charge is 2.21. The van der Waals surface area contributed by atoms with E-state index in [4.69, 9.17) is 4.74 Å². The molecule has 0 unspecified atom stereocenters. The molecule has 0 atom stereocenters. The second kappa shape index (κ2) is 8.84. The van der Waals surface area contributed by atoms with Crippen LogP contribution in [-0.4, -0.2) is 54.1 Å². The summed E-state index contributed by atoms with van der Waals surface area (Å²) in [4.78, 5) is 12.0. The number of hydrogen-bond acceptors (Lipinski definition) is 4. The summed E-state index contributed by atoms with van der Waals surface area (Å²) in [6, 6.07) is 0. The quantitative estimate of drug-likeness (QED) is 0.306. The number of hydrogen-bond donors (Lipinski definition) is 1. The van der Waals surface area contributed by atoms with Crippen LogP contribution in [0.1, 0.15) is 18.5 Å². The van der Waals surface area contributed by atoms with E-state index in [0.29, 0.717) is 6.54 Å². The number of rotatable bonds is 7. The Balaban J connectivity index is 0.00000192. The standard InChI is InChI=1S/C15H23N5OS.HI/c1-16-14(19(2)5-7-21-11-12-3-4-12)17-9-13-10-20-6-8-22-15(20)18-13;/h6,8,10,12H,3-5,7,9,11H2,1-2H3,(H,16,17);1H. The third kappa shape index (κ3) is 5.32. The summed E-state index contributed by atoms with van der Waals surface area (Å²) < 4.78 is 7.72. The topological polar surface area (TPSA) is 54.2 Å². The van der Waals surface area contributed by atoms with E-state index in [9.17, 15) is 0 Å². The Morgan fingerprint density at radius 3 is 3.09 bits per heavy atom. The molecular formula is C15H24IN5OS. The number of nitrogens with one attached hydrogen (secondary N) is 1. The van der Waals surface area contributed by atoms with E-state index >= 15 is 0 Å². The third-order valence-electron chi connectivity index (χ3n) is 3.77. The van der Waals surface area contributed by atoms with Crippen molar-refractivity contribution >= 4 is 46.2 Å². The van der Waals surface area contributed by atoms with Gasteiger partial charge in [0.1, 0.15) is 0 Å². The number of aliphatic imine (C=N–C) groups is 1. The second-order valence-electron chi connectivity index (χ2n) is 5.67. The molecule has 1 aliphatic rings. The molecular weight excluding hydrogens is 425 g/mol. The van der Waals surface area contributed by atoms with Gasteiger partial charge in [0.2, 0.25) is 0 Å². The minimum absolute atomic E-state index is 0. The number of thiazole rings is 1. The van der Waals surface area contributed by atoms with Crippen molar-refractivity contribution < 1.29 is 4.74 Å². The largest absolute Gasteiger partial charge is 0.379 e. The second-order valence-corrected chi connectivity index (χ2v) is 6.54. The maximum Gasteiger partial charge on any atom is 0.193 e. The first-order valence-electron chi connectivity index (χ1n) is 7.67. The van der Waals surface area contributed by atoms with Gasteiger partial charge in [-0.15, -0.1) is 35.3 Å². The number of imidazole rings is 1. The Morgan fingerprint density at radius 1 is 1.57 bits per heavy atom. The van der Waals surface area contributed by atoms with Gasteiger partial charge in [0, 0.05) is 45.0 Å². The Bertz CT molecular complexity index is 608. The highest BCUT2D eigenvalue weighted by atomic mass is 127. The first-order chi connectivity index (χ1) is 10.8. The highest BCUT2D eigenvalue weighted by Crippen LogP contribution is 2.28. The van der Waals surface area contributed by atoms with Crippen molar-refractivity contribution in [3.05, 3.63) is 23.5 Å². The number of halogens is 1. The van der Waals surface area contributed by atoms with Crippen LogP contribution in [0.25, 0.3) is 4.96 Å². The van der Waals surface area contributed by atoms with Crippen molar-refractivity contribution in [2.45, 2.75) is 19.4 Å². The van der Waals surface area contributed by atoms with Crippen molar-refractivity contribution in [2.24, 2.45) is 10.9 Å². The van der Waals surface area contributed by atoms with Gasteiger partial charge in [-0.25, -0.2) is 4.98 Å². The Hall–Kier alpha value is -0.870. The van der Waals surface area contributed by atoms with Crippen LogP contribution in [0.3, 0.4) is 0 Å². The minimum Gasteiger partial charge on any atom is -0.379 e. The molecule has 2 aromatic rings. The van der Waals surface area contributed by atoms with E-state index < -0.39 is 0 Å². The molecule has 0 amide bonds. The first kappa shape index (κ1) is 18.5. The van der Waals surface area contributed by atoms with Crippen LogP contribution in [0.5, 0.6) is 0 Å². The molecule has 6 nitrogen and oxygen atoms in total. The third-order valence-corrected chi connectivity index (χ3v) is 4.54. The van der Waals surface area contributed by atoms with Gasteiger partial charge in [-0.3, -0.25) is 9.39 Å². The average molecular weight is 449 g/mol. The van der Waals surface area contributed by atoms with Gasteiger partial charge in [-0.05, 0) is 18.8 Å². The molecule has 1 N–H and O–H groups in total. The molecule has 2 heterocycles. The fourth-order valence-corrected chi connectivity index (χ4v) is 2.98. The van der Waals surface area contributed by atoms with E-state index in [1.54, 1.807) is 18.4 Å². The molecule has 3 rings (SSSR count). The molecule has 0 spiro atoms. The number of fused-ring (bicyclic) bond motifs is 1. The molecule has 8 heteroatoms. The number of nitrogens with zero attached hydrogens (tertiary/aromatic N) is 4. The smallest absolute Gasteiger partial charge is 0.193 e. The van der Waals surface area contributed by atoms with E-state index in [1.807, 2.05) is 29.2 Å². The summed E-state index contributed by atoms with van der Waals surface area (Å²) in [5.74, 6) is 1.68. The van der Waals surface area contributed by atoms with Crippen LogP contribution in [0.15, 0.2) is 22.8 Å². The van der Waals surface area contributed by atoms with Crippen molar-refractivity contribution in [3.63, 3.8) is 0 Å². The van der Waals surface area contributed by atoms with Gasteiger partial charge in [-0.1, -0.05) is 0 Å². The number of likely N-dealkylation sites (N-methyl/N-ethyl adjacent to an activating group) is 1. The molecule has 0 aliphatic heterocycles. The molecule has 1 saturated carbocycles. The fraction of sp³-hybridized carbons (Fsp3) is 0.600. The van der Waals surface area contributed by atoms with Crippen LogP contribution in [-0.2, 0) is 11.3 Å². The summed E-state index contributed by atoms with van der Waals surface area (Å²) >= 11 is 1.64. The van der Waals surface area contributed by atoms with Crippen LogP contribution in [0.2, 0.25) is 0 Å². The lowest BCUT2D eigenvalue weighted by atomic mass is 10.4. The van der Waals surface area contributed by atoms with Gasteiger partial charge in [-0.2, -0.15) is 0 Å². The zero-order valence-corrected chi connectivity index (χ0v) is 16.7. The SMILES string of the molecule is CN=C(NCc1cn2ccsc2n1)N(C)CCOCC1CC1.I. The normalized spacial score (nSPS) is 14.8. The summed E-state index contributed by atoms with van der Waals surface area (Å²) in [7, 11) is 3.83. The highest BCUT2D eigenvalue weighted by molar-refractivity contribution is 14.0. The molecule has 0 aromatic carbocycles. The van der Waals surface area contributed by atoms with Crippen molar-refractivity contribution in [3.8, 4) is 0 Å². The predicted octanol–water partition coefficient (Wildman–Crippen LogP) is 2.45. The monoisotopic (exact) mass is 449 g/mol. The zero-order valence-electron chi connectivity index (χ0n) is 13.6. The summed E-state index contributed by atoms with van der Waals surface area (Å²) in [6.07, 6.45) is 6.74. The number of aromatic nitrogens is 2. The van der Waals surface area contributed by atoms with E-state index in [-0.39, 0.29) is 24.0 Å². The summed E-state index contributed by atoms with van der Waals surface area (Å²) in [5, 5.41) is 5.38. The zero-order chi connectivity index (χ0) is 15.4. The maximum atomic E-state index is 5.68. The maximum absolute atomic E-state index is 5.68. The summed E-state index contributed by atoms with van der Waals surface area (Å²) in [5.41, 5.74) is 1.02. The number of guanidine groups is 1. The van der Waals surface area contributed by atoms with Crippen molar-refractivity contribution in [1.82, 2.24) is 19.6 Å². The molecule has 0 saturated heterocycles. The number of ether oxygens (including phenoxy) is 1. The van der Waals surface area contributed by atoms with E-state index in [1.165, 1.54) is 12.8 Å². The van der Waals surface area contributed by atoms with Gasteiger partial charge in [0.05, 0.1) is 18.8 Å². The van der Waals surface area contributed by atoms with Gasteiger partial charge >= 0.3 is 0 Å². The van der Waals surface area contributed by atoms with Gasteiger partial charge < -0.3 is 15.0 Å². The van der Waals surface area contributed by atoms with Crippen molar-refractivity contribution in [2.75, 3.05) is 33.9 Å². The predicted molar refractivity (Wildman–Crippen MR) is 105 cm³/mol. The van der Waals surface area contributed by atoms with Gasteiger partial charge in [0.25, 0.3) is 0 Å². The molecule has 2 aromatic heterocycles. The molecule has 23 heavy (non-hydrogen) atoms.